The van der Waals surface area contributed by atoms with E-state index in [-0.39, 0.29) is 18.6 Å². The molecule has 0 aromatic heterocycles. The number of nitrogens with one attached hydrogen (secondary N) is 1. The smallest absolute Gasteiger partial charge is 0.252 e. The van der Waals surface area contributed by atoms with Gasteiger partial charge in [-0.3, -0.25) is 4.79 Å². The van der Waals surface area contributed by atoms with Crippen LogP contribution >= 0.6 is 0 Å². The molecule has 1 saturated heterocycles. The molecule has 1 aromatic rings. The molecular formula is C16H19NO3. The molecule has 0 spiro atoms. The molecule has 1 atom stereocenters. The lowest BCUT2D eigenvalue weighted by Gasteiger charge is -2.23. The van der Waals surface area contributed by atoms with Gasteiger partial charge in [0.25, 0.3) is 5.91 Å². The second kappa shape index (κ2) is 7.09. The van der Waals surface area contributed by atoms with Crippen LogP contribution in [0.1, 0.15) is 34.3 Å². The van der Waals surface area contributed by atoms with Gasteiger partial charge in [-0.1, -0.05) is 17.9 Å². The Hall–Kier alpha value is -1.83. The van der Waals surface area contributed by atoms with Crippen LogP contribution in [0.25, 0.3) is 0 Å². The van der Waals surface area contributed by atoms with Gasteiger partial charge >= 0.3 is 0 Å². The summed E-state index contributed by atoms with van der Waals surface area (Å²) in [6.07, 6.45) is 1.91. The lowest BCUT2D eigenvalue weighted by molar-refractivity contribution is 0.0624. The number of benzene rings is 1. The highest BCUT2D eigenvalue weighted by atomic mass is 16.5. The lowest BCUT2D eigenvalue weighted by Crippen LogP contribution is -2.40. The lowest BCUT2D eigenvalue weighted by atomic mass is 10.0. The Morgan fingerprint density at radius 2 is 2.40 bits per heavy atom. The van der Waals surface area contributed by atoms with Crippen molar-refractivity contribution >= 4 is 5.91 Å². The Labute approximate surface area is 119 Å². The third-order valence-electron chi connectivity index (χ3n) is 3.22. The summed E-state index contributed by atoms with van der Waals surface area (Å²) in [4.78, 5) is 12.3. The minimum Gasteiger partial charge on any atom is -0.384 e. The minimum absolute atomic E-state index is 0.0659. The standard InChI is InChI=1S/C16H19NO3/c1-12-6-7-15(13(10-12)4-2-8-18)16(19)17-14-5-3-9-20-11-14/h6-7,10,14,18H,3,5,8-9,11H2,1H3,(H,17,19). The highest BCUT2D eigenvalue weighted by Crippen LogP contribution is 2.13. The maximum absolute atomic E-state index is 12.3. The number of aliphatic hydroxyl groups is 1. The number of carbonyl (C=O) groups excluding carboxylic acids is 1. The number of aryl methyl sites for hydroxylation is 1. The molecule has 2 N–H and O–H groups in total. The van der Waals surface area contributed by atoms with Crippen molar-refractivity contribution in [1.29, 1.82) is 0 Å². The zero-order valence-electron chi connectivity index (χ0n) is 11.6. The molecule has 20 heavy (non-hydrogen) atoms. The molecule has 106 valence electrons. The molecule has 1 heterocycles. The molecule has 0 aliphatic carbocycles. The topological polar surface area (TPSA) is 58.6 Å². The molecule has 1 aromatic carbocycles. The van der Waals surface area contributed by atoms with Gasteiger partial charge in [0.1, 0.15) is 6.61 Å². The van der Waals surface area contributed by atoms with Crippen molar-refractivity contribution in [2.24, 2.45) is 0 Å². The average molecular weight is 273 g/mol. The average Bonchev–Trinajstić information content (AvgIpc) is 2.46. The normalized spacial score (nSPS) is 18.0. The molecule has 1 fully saturated rings. The monoisotopic (exact) mass is 273 g/mol. The summed E-state index contributed by atoms with van der Waals surface area (Å²) in [7, 11) is 0. The van der Waals surface area contributed by atoms with Crippen molar-refractivity contribution < 1.29 is 14.6 Å². The van der Waals surface area contributed by atoms with Gasteiger partial charge in [-0.05, 0) is 37.5 Å². The largest absolute Gasteiger partial charge is 0.384 e. The van der Waals surface area contributed by atoms with Crippen LogP contribution in [-0.4, -0.2) is 36.9 Å². The Kier molecular flexibility index (Phi) is 5.16. The van der Waals surface area contributed by atoms with Crippen LogP contribution in [0.2, 0.25) is 0 Å². The fraction of sp³-hybridized carbons (Fsp3) is 0.438. The van der Waals surface area contributed by atoms with Gasteiger partial charge in [0.2, 0.25) is 0 Å². The summed E-state index contributed by atoms with van der Waals surface area (Å²) < 4.78 is 5.36. The quantitative estimate of drug-likeness (QED) is 0.797. The Morgan fingerprint density at radius 3 is 3.10 bits per heavy atom. The molecule has 1 aliphatic heterocycles. The molecule has 0 bridgehead atoms. The molecular weight excluding hydrogens is 254 g/mol. The van der Waals surface area contributed by atoms with Crippen LogP contribution < -0.4 is 5.32 Å². The van der Waals surface area contributed by atoms with E-state index < -0.39 is 0 Å². The number of carbonyl (C=O) groups is 1. The van der Waals surface area contributed by atoms with E-state index in [1.165, 1.54) is 0 Å². The van der Waals surface area contributed by atoms with Crippen LogP contribution in [0.5, 0.6) is 0 Å². The van der Waals surface area contributed by atoms with Crippen LogP contribution in [0.3, 0.4) is 0 Å². The fourth-order valence-electron chi connectivity index (χ4n) is 2.21. The number of hydrogen-bond acceptors (Lipinski definition) is 3. The number of amides is 1. The van der Waals surface area contributed by atoms with Crippen molar-refractivity contribution in [3.8, 4) is 11.8 Å². The van der Waals surface area contributed by atoms with E-state index >= 15 is 0 Å². The van der Waals surface area contributed by atoms with Crippen LogP contribution in [-0.2, 0) is 4.74 Å². The molecule has 0 radical (unpaired) electrons. The summed E-state index contributed by atoms with van der Waals surface area (Å²) in [6, 6.07) is 5.58. The van der Waals surface area contributed by atoms with Crippen molar-refractivity contribution in [2.75, 3.05) is 19.8 Å². The SMILES string of the molecule is Cc1ccc(C(=O)NC2CCCOC2)c(C#CCO)c1. The third-order valence-corrected chi connectivity index (χ3v) is 3.22. The first-order valence-electron chi connectivity index (χ1n) is 6.79. The Balaban J connectivity index is 2.15. The van der Waals surface area contributed by atoms with Crippen molar-refractivity contribution in [2.45, 2.75) is 25.8 Å². The molecule has 0 saturated carbocycles. The summed E-state index contributed by atoms with van der Waals surface area (Å²) in [5, 5.41) is 11.8. The zero-order valence-corrected chi connectivity index (χ0v) is 11.6. The highest BCUT2D eigenvalue weighted by Gasteiger charge is 2.18. The van der Waals surface area contributed by atoms with E-state index in [1.807, 2.05) is 19.1 Å². The second-order valence-electron chi connectivity index (χ2n) is 4.90. The highest BCUT2D eigenvalue weighted by molar-refractivity contribution is 5.97. The molecule has 4 heteroatoms. The Morgan fingerprint density at radius 1 is 1.55 bits per heavy atom. The van der Waals surface area contributed by atoms with Gasteiger partial charge in [0, 0.05) is 12.2 Å². The first-order valence-corrected chi connectivity index (χ1v) is 6.79. The first kappa shape index (κ1) is 14.6. The molecule has 1 unspecified atom stereocenters. The van der Waals surface area contributed by atoms with Crippen LogP contribution in [0.4, 0.5) is 0 Å². The van der Waals surface area contributed by atoms with Gasteiger partial charge < -0.3 is 15.2 Å². The van der Waals surface area contributed by atoms with Gasteiger partial charge in [-0.15, -0.1) is 0 Å². The van der Waals surface area contributed by atoms with Crippen molar-refractivity contribution in [1.82, 2.24) is 5.32 Å². The minimum atomic E-state index is -0.217. The first-order chi connectivity index (χ1) is 9.70. The van der Waals surface area contributed by atoms with Gasteiger partial charge in [0.15, 0.2) is 0 Å². The van der Waals surface area contributed by atoms with Crippen LogP contribution in [0.15, 0.2) is 18.2 Å². The summed E-state index contributed by atoms with van der Waals surface area (Å²) in [6.45, 7) is 3.06. The maximum atomic E-state index is 12.3. The number of rotatable bonds is 2. The zero-order chi connectivity index (χ0) is 14.4. The van der Waals surface area contributed by atoms with Gasteiger partial charge in [-0.25, -0.2) is 0 Å². The number of ether oxygens (including phenoxy) is 1. The van der Waals surface area contributed by atoms with Crippen LogP contribution in [0, 0.1) is 18.8 Å². The number of aliphatic hydroxyl groups excluding tert-OH is 1. The van der Waals surface area contributed by atoms with E-state index in [0.717, 1.165) is 25.0 Å². The Bertz CT molecular complexity index is 536. The summed E-state index contributed by atoms with van der Waals surface area (Å²) in [5.41, 5.74) is 2.22. The van der Waals surface area contributed by atoms with E-state index in [2.05, 4.69) is 17.2 Å². The molecule has 1 amide bonds. The molecule has 4 nitrogen and oxygen atoms in total. The molecule has 2 rings (SSSR count). The van der Waals surface area contributed by atoms with E-state index in [9.17, 15) is 4.79 Å². The fourth-order valence-corrected chi connectivity index (χ4v) is 2.21. The third kappa shape index (κ3) is 3.83. The van der Waals surface area contributed by atoms with Crippen molar-refractivity contribution in [3.05, 3.63) is 34.9 Å². The maximum Gasteiger partial charge on any atom is 0.252 e. The predicted molar refractivity (Wildman–Crippen MR) is 76.5 cm³/mol. The van der Waals surface area contributed by atoms with Gasteiger partial charge in [0.05, 0.1) is 18.2 Å². The van der Waals surface area contributed by atoms with E-state index in [0.29, 0.717) is 17.7 Å². The van der Waals surface area contributed by atoms with Crippen molar-refractivity contribution in [3.63, 3.8) is 0 Å². The van der Waals surface area contributed by atoms with E-state index in [1.54, 1.807) is 6.07 Å². The number of hydrogen-bond donors (Lipinski definition) is 2. The van der Waals surface area contributed by atoms with Gasteiger partial charge in [-0.2, -0.15) is 0 Å². The van der Waals surface area contributed by atoms with E-state index in [4.69, 9.17) is 9.84 Å². The summed E-state index contributed by atoms with van der Waals surface area (Å²) in [5.74, 6) is 5.29. The predicted octanol–water partition coefficient (Wildman–Crippen LogP) is 1.25. The second-order valence-corrected chi connectivity index (χ2v) is 4.90. The summed E-state index contributed by atoms with van der Waals surface area (Å²) >= 11 is 0. The molecule has 1 aliphatic rings.